The summed E-state index contributed by atoms with van der Waals surface area (Å²) in [5.41, 5.74) is 0. The Balaban J connectivity index is 2.76. The highest BCUT2D eigenvalue weighted by molar-refractivity contribution is 5.79. The van der Waals surface area contributed by atoms with Crippen molar-refractivity contribution in [2.75, 3.05) is 21.3 Å². The molecule has 1 N–H and O–H groups in total. The summed E-state index contributed by atoms with van der Waals surface area (Å²) in [6.45, 7) is 0. The van der Waals surface area contributed by atoms with Crippen LogP contribution < -0.4 is 0 Å². The first-order chi connectivity index (χ1) is 8.13. The van der Waals surface area contributed by atoms with Crippen LogP contribution in [0.3, 0.4) is 0 Å². The van der Waals surface area contributed by atoms with Crippen molar-refractivity contribution in [1.29, 1.82) is 0 Å². The fraction of sp³-hybridized carbons (Fsp3) is 0.750. The molecule has 1 rings (SSSR count). The fourth-order valence-electron chi connectivity index (χ4n) is 2.40. The van der Waals surface area contributed by atoms with Gasteiger partial charge in [-0.05, 0) is 12.8 Å². The van der Waals surface area contributed by atoms with E-state index in [0.717, 1.165) is 18.9 Å². The van der Waals surface area contributed by atoms with E-state index in [4.69, 9.17) is 19.3 Å². The highest BCUT2D eigenvalue weighted by Gasteiger charge is 2.39. The Kier molecular flexibility index (Phi) is 5.61. The summed E-state index contributed by atoms with van der Waals surface area (Å²) in [5.74, 6) is -0.893. The van der Waals surface area contributed by atoms with E-state index in [1.54, 1.807) is 27.4 Å². The van der Waals surface area contributed by atoms with Crippen LogP contribution in [0.2, 0.25) is 0 Å². The van der Waals surface area contributed by atoms with E-state index in [9.17, 15) is 4.79 Å². The molecule has 0 spiro atoms. The van der Waals surface area contributed by atoms with Crippen LogP contribution in [-0.2, 0) is 19.0 Å². The number of aliphatic carboxylic acids is 1. The molecule has 0 amide bonds. The van der Waals surface area contributed by atoms with Crippen molar-refractivity contribution in [2.45, 2.75) is 31.2 Å². The third-order valence-electron chi connectivity index (χ3n) is 3.23. The lowest BCUT2D eigenvalue weighted by atomic mass is 9.82. The lowest BCUT2D eigenvalue weighted by molar-refractivity contribution is -0.142. The van der Waals surface area contributed by atoms with Crippen LogP contribution >= 0.6 is 0 Å². The largest absolute Gasteiger partial charge is 0.478 e. The number of carboxylic acid groups (broad SMARTS) is 1. The van der Waals surface area contributed by atoms with Crippen molar-refractivity contribution in [2.24, 2.45) is 5.92 Å². The molecule has 98 valence electrons. The molecule has 0 aromatic heterocycles. The smallest absolute Gasteiger partial charge is 0.327 e. The van der Waals surface area contributed by atoms with Crippen LogP contribution in [0.15, 0.2) is 12.2 Å². The molecule has 0 radical (unpaired) electrons. The van der Waals surface area contributed by atoms with E-state index in [2.05, 4.69) is 0 Å². The van der Waals surface area contributed by atoms with Crippen molar-refractivity contribution in [3.8, 4) is 0 Å². The summed E-state index contributed by atoms with van der Waals surface area (Å²) in [5, 5.41) is 8.64. The summed E-state index contributed by atoms with van der Waals surface area (Å²) in [6.07, 6.45) is 4.17. The van der Waals surface area contributed by atoms with Crippen LogP contribution in [0, 0.1) is 5.92 Å². The molecule has 17 heavy (non-hydrogen) atoms. The van der Waals surface area contributed by atoms with Gasteiger partial charge in [0.2, 0.25) is 0 Å². The normalized spacial score (nSPS) is 34.1. The lowest BCUT2D eigenvalue weighted by Crippen LogP contribution is -2.48. The predicted octanol–water partition coefficient (Wildman–Crippen LogP) is 1.08. The summed E-state index contributed by atoms with van der Waals surface area (Å²) in [4.78, 5) is 10.5. The van der Waals surface area contributed by atoms with E-state index in [0.29, 0.717) is 0 Å². The average Bonchev–Trinajstić information content (AvgIpc) is 2.34. The SMILES string of the molecule is COC1CCC(/C=C/C(=O)O)C(OC)C1OC. The summed E-state index contributed by atoms with van der Waals surface area (Å²) in [7, 11) is 4.87. The molecule has 4 atom stereocenters. The maximum atomic E-state index is 10.5. The van der Waals surface area contributed by atoms with Crippen LogP contribution in [0.1, 0.15) is 12.8 Å². The first-order valence-corrected chi connectivity index (χ1v) is 5.63. The molecule has 1 fully saturated rings. The molecule has 0 aliphatic heterocycles. The van der Waals surface area contributed by atoms with Crippen LogP contribution in [-0.4, -0.2) is 50.7 Å². The molecule has 5 nitrogen and oxygen atoms in total. The number of hydrogen-bond donors (Lipinski definition) is 1. The van der Waals surface area contributed by atoms with Crippen molar-refractivity contribution in [3.63, 3.8) is 0 Å². The quantitative estimate of drug-likeness (QED) is 0.733. The molecule has 1 aliphatic carbocycles. The van der Waals surface area contributed by atoms with Crippen molar-refractivity contribution in [1.82, 2.24) is 0 Å². The maximum Gasteiger partial charge on any atom is 0.327 e. The van der Waals surface area contributed by atoms with Crippen molar-refractivity contribution >= 4 is 5.97 Å². The molecule has 0 aromatic rings. The number of carbonyl (C=O) groups is 1. The topological polar surface area (TPSA) is 65.0 Å². The van der Waals surface area contributed by atoms with Gasteiger partial charge < -0.3 is 19.3 Å². The molecule has 0 bridgehead atoms. The minimum atomic E-state index is -0.942. The molecule has 0 aromatic carbocycles. The van der Waals surface area contributed by atoms with Gasteiger partial charge in [-0.1, -0.05) is 6.08 Å². The molecule has 4 unspecified atom stereocenters. The van der Waals surface area contributed by atoms with E-state index in [-0.39, 0.29) is 24.2 Å². The van der Waals surface area contributed by atoms with Crippen molar-refractivity contribution in [3.05, 3.63) is 12.2 Å². The number of methoxy groups -OCH3 is 3. The molecular formula is C12H20O5. The minimum Gasteiger partial charge on any atom is -0.478 e. The molecule has 1 aliphatic rings. The van der Waals surface area contributed by atoms with E-state index < -0.39 is 5.97 Å². The Morgan fingerprint density at radius 2 is 1.76 bits per heavy atom. The highest BCUT2D eigenvalue weighted by Crippen LogP contribution is 2.31. The molecule has 5 heteroatoms. The summed E-state index contributed by atoms with van der Waals surface area (Å²) >= 11 is 0. The Hall–Kier alpha value is -0.910. The first-order valence-electron chi connectivity index (χ1n) is 5.63. The van der Waals surface area contributed by atoms with Gasteiger partial charge in [-0.2, -0.15) is 0 Å². The van der Waals surface area contributed by atoms with Gasteiger partial charge in [-0.3, -0.25) is 0 Å². The van der Waals surface area contributed by atoms with Crippen LogP contribution in [0.5, 0.6) is 0 Å². The standard InChI is InChI=1S/C12H20O5/c1-15-9-6-4-8(5-7-10(13)14)11(16-2)12(9)17-3/h5,7-9,11-12H,4,6H2,1-3H3,(H,13,14)/b7-5+. The Bertz CT molecular complexity index is 276. The molecular weight excluding hydrogens is 224 g/mol. The van der Waals surface area contributed by atoms with E-state index >= 15 is 0 Å². The summed E-state index contributed by atoms with van der Waals surface area (Å²) in [6, 6.07) is 0. The molecule has 0 heterocycles. The lowest BCUT2D eigenvalue weighted by Gasteiger charge is -2.39. The zero-order valence-electron chi connectivity index (χ0n) is 10.5. The Labute approximate surface area is 101 Å². The third kappa shape index (κ3) is 3.52. The van der Waals surface area contributed by atoms with Crippen LogP contribution in [0.25, 0.3) is 0 Å². The van der Waals surface area contributed by atoms with E-state index in [1.807, 2.05) is 0 Å². The second-order valence-electron chi connectivity index (χ2n) is 4.11. The van der Waals surface area contributed by atoms with Gasteiger partial charge in [0.25, 0.3) is 0 Å². The van der Waals surface area contributed by atoms with Gasteiger partial charge in [0.15, 0.2) is 0 Å². The fourth-order valence-corrected chi connectivity index (χ4v) is 2.40. The third-order valence-corrected chi connectivity index (χ3v) is 3.23. The monoisotopic (exact) mass is 244 g/mol. The van der Waals surface area contributed by atoms with Gasteiger partial charge in [-0.25, -0.2) is 4.79 Å². The maximum absolute atomic E-state index is 10.5. The van der Waals surface area contributed by atoms with Crippen LogP contribution in [0.4, 0.5) is 0 Å². The first kappa shape index (κ1) is 14.2. The van der Waals surface area contributed by atoms with Gasteiger partial charge in [0.1, 0.15) is 6.10 Å². The molecule has 0 saturated heterocycles. The number of carboxylic acids is 1. The minimum absolute atomic E-state index is 0.000530. The Morgan fingerprint density at radius 1 is 1.12 bits per heavy atom. The molecule has 1 saturated carbocycles. The van der Waals surface area contributed by atoms with E-state index in [1.165, 1.54) is 0 Å². The van der Waals surface area contributed by atoms with Crippen molar-refractivity contribution < 1.29 is 24.1 Å². The van der Waals surface area contributed by atoms with Gasteiger partial charge >= 0.3 is 5.97 Å². The Morgan fingerprint density at radius 3 is 2.24 bits per heavy atom. The average molecular weight is 244 g/mol. The predicted molar refractivity (Wildman–Crippen MR) is 61.9 cm³/mol. The number of rotatable bonds is 5. The number of hydrogen-bond acceptors (Lipinski definition) is 4. The zero-order chi connectivity index (χ0) is 12.8. The summed E-state index contributed by atoms with van der Waals surface area (Å²) < 4.78 is 16.2. The van der Waals surface area contributed by atoms with Gasteiger partial charge in [0.05, 0.1) is 12.2 Å². The van der Waals surface area contributed by atoms with Gasteiger partial charge in [-0.15, -0.1) is 0 Å². The second-order valence-corrected chi connectivity index (χ2v) is 4.11. The number of ether oxygens (including phenoxy) is 3. The van der Waals surface area contributed by atoms with Gasteiger partial charge in [0, 0.05) is 33.3 Å². The highest BCUT2D eigenvalue weighted by atomic mass is 16.6. The second kappa shape index (κ2) is 6.74. The zero-order valence-corrected chi connectivity index (χ0v) is 10.5.